The van der Waals surface area contributed by atoms with Crippen molar-refractivity contribution in [3.63, 3.8) is 0 Å². The first-order valence-electron chi connectivity index (χ1n) is 9.45. The van der Waals surface area contributed by atoms with Crippen molar-refractivity contribution in [2.45, 2.75) is 42.4 Å². The predicted molar refractivity (Wildman–Crippen MR) is 105 cm³/mol. The lowest BCUT2D eigenvalue weighted by molar-refractivity contribution is -0.305. The van der Waals surface area contributed by atoms with E-state index >= 15 is 0 Å². The zero-order valence-corrected chi connectivity index (χ0v) is 17.0. The van der Waals surface area contributed by atoms with Crippen LogP contribution in [0.1, 0.15) is 24.0 Å². The standard InChI is InChI=1S/C21H20F5NO3S/c22-19(23)20(29,21(24,25)26)15-5-7-16(8-6-15)27-18(28)11-13-3-9-17(10-4-13)31(30)12-14-1-2-14/h3-10,14,19,29H,1-2,11-12H2,(H,27,28)/t20?,31-/m0/s1. The molecule has 0 radical (unpaired) electrons. The molecule has 2 aromatic rings. The van der Waals surface area contributed by atoms with E-state index in [1.807, 2.05) is 0 Å². The highest BCUT2D eigenvalue weighted by atomic mass is 32.2. The topological polar surface area (TPSA) is 72.4 Å². The molecule has 1 aliphatic carbocycles. The van der Waals surface area contributed by atoms with Crippen LogP contribution in [0.25, 0.3) is 0 Å². The number of nitrogens with one attached hydrogen (secondary N) is 1. The fourth-order valence-corrected chi connectivity index (χ4v) is 4.36. The molecule has 0 saturated heterocycles. The minimum absolute atomic E-state index is 0.0409. The summed E-state index contributed by atoms with van der Waals surface area (Å²) >= 11 is -1.08. The molecule has 10 heteroatoms. The van der Waals surface area contributed by atoms with Gasteiger partial charge in [-0.3, -0.25) is 4.79 Å². The number of hydrogen-bond acceptors (Lipinski definition) is 3. The molecule has 1 amide bonds. The van der Waals surface area contributed by atoms with Crippen molar-refractivity contribution in [3.8, 4) is 0 Å². The molecule has 0 aromatic heterocycles. The van der Waals surface area contributed by atoms with Crippen LogP contribution < -0.4 is 5.32 Å². The summed E-state index contributed by atoms with van der Waals surface area (Å²) in [6, 6.07) is 10.1. The number of amides is 1. The number of alkyl halides is 5. The van der Waals surface area contributed by atoms with Gasteiger partial charge in [-0.25, -0.2) is 8.78 Å². The molecule has 0 bridgehead atoms. The number of carbonyl (C=O) groups is 1. The quantitative estimate of drug-likeness (QED) is 0.452. The highest BCUT2D eigenvalue weighted by Crippen LogP contribution is 2.43. The SMILES string of the molecule is O=C(Cc1ccc([S@@+]([O-])CC2CC2)cc1)Nc1ccc(C(O)(C(F)F)C(F)(F)F)cc1. The Morgan fingerprint density at radius 3 is 2.16 bits per heavy atom. The summed E-state index contributed by atoms with van der Waals surface area (Å²) in [4.78, 5) is 12.9. The molecule has 31 heavy (non-hydrogen) atoms. The fraction of sp³-hybridized carbons (Fsp3) is 0.381. The second kappa shape index (κ2) is 9.13. The van der Waals surface area contributed by atoms with Crippen molar-refractivity contribution in [1.29, 1.82) is 0 Å². The Bertz CT molecular complexity index is 901. The van der Waals surface area contributed by atoms with Gasteiger partial charge in [0.15, 0.2) is 4.90 Å². The zero-order chi connectivity index (χ0) is 22.8. The molecular weight excluding hydrogens is 441 g/mol. The summed E-state index contributed by atoms with van der Waals surface area (Å²) in [5.41, 5.74) is -4.58. The first-order chi connectivity index (χ1) is 14.5. The predicted octanol–water partition coefficient (Wildman–Crippen LogP) is 4.40. The number of benzene rings is 2. The van der Waals surface area contributed by atoms with Gasteiger partial charge in [-0.15, -0.1) is 0 Å². The van der Waals surface area contributed by atoms with Crippen molar-refractivity contribution in [3.05, 3.63) is 59.7 Å². The summed E-state index contributed by atoms with van der Waals surface area (Å²) in [5.74, 6) is 0.676. The van der Waals surface area contributed by atoms with Crippen LogP contribution in [0.4, 0.5) is 27.6 Å². The lowest BCUT2D eigenvalue weighted by atomic mass is 9.93. The largest absolute Gasteiger partial charge is 0.611 e. The van der Waals surface area contributed by atoms with Crippen molar-refractivity contribution in [2.24, 2.45) is 5.92 Å². The van der Waals surface area contributed by atoms with Crippen molar-refractivity contribution >= 4 is 22.8 Å². The maximum atomic E-state index is 12.9. The number of anilines is 1. The van der Waals surface area contributed by atoms with E-state index in [1.54, 1.807) is 24.3 Å². The number of aliphatic hydroxyl groups is 1. The van der Waals surface area contributed by atoms with Gasteiger partial charge in [-0.1, -0.05) is 24.3 Å². The molecule has 2 N–H and O–H groups in total. The molecule has 0 heterocycles. The number of hydrogen-bond donors (Lipinski definition) is 2. The third kappa shape index (κ3) is 5.55. The van der Waals surface area contributed by atoms with Gasteiger partial charge in [0, 0.05) is 11.6 Å². The molecule has 3 rings (SSSR count). The van der Waals surface area contributed by atoms with Gasteiger partial charge in [-0.05, 0) is 59.4 Å². The van der Waals surface area contributed by atoms with Crippen molar-refractivity contribution in [1.82, 2.24) is 0 Å². The van der Waals surface area contributed by atoms with E-state index in [2.05, 4.69) is 5.32 Å². The summed E-state index contributed by atoms with van der Waals surface area (Å²) in [6.45, 7) is 0. The van der Waals surface area contributed by atoms with Gasteiger partial charge in [-0.2, -0.15) is 13.2 Å². The van der Waals surface area contributed by atoms with E-state index in [9.17, 15) is 36.4 Å². The van der Waals surface area contributed by atoms with Gasteiger partial charge in [0.1, 0.15) is 5.75 Å². The van der Waals surface area contributed by atoms with E-state index < -0.39 is 40.8 Å². The molecule has 1 unspecified atom stereocenters. The van der Waals surface area contributed by atoms with Gasteiger partial charge in [0.25, 0.3) is 6.43 Å². The van der Waals surface area contributed by atoms with Crippen LogP contribution in [0.2, 0.25) is 0 Å². The van der Waals surface area contributed by atoms with E-state index in [-0.39, 0.29) is 12.1 Å². The van der Waals surface area contributed by atoms with Gasteiger partial charge in [0.2, 0.25) is 11.5 Å². The normalized spacial score (nSPS) is 17.3. The minimum atomic E-state index is -5.57. The Balaban J connectivity index is 1.60. The lowest BCUT2D eigenvalue weighted by Crippen LogP contribution is -2.48. The molecule has 0 aliphatic heterocycles. The van der Waals surface area contributed by atoms with Crippen LogP contribution in [0.15, 0.2) is 53.4 Å². The first kappa shape index (κ1) is 23.5. The van der Waals surface area contributed by atoms with Crippen LogP contribution >= 0.6 is 0 Å². The molecule has 1 aliphatic rings. The summed E-state index contributed by atoms with van der Waals surface area (Å²) < 4.78 is 76.7. The number of carbonyl (C=O) groups excluding carboxylic acids is 1. The summed E-state index contributed by atoms with van der Waals surface area (Å²) in [6.07, 6.45) is -7.48. The monoisotopic (exact) mass is 461 g/mol. The van der Waals surface area contributed by atoms with E-state index in [0.29, 0.717) is 34.3 Å². The third-order valence-electron chi connectivity index (χ3n) is 4.99. The second-order valence-electron chi connectivity index (χ2n) is 7.47. The number of rotatable bonds is 8. The second-order valence-corrected chi connectivity index (χ2v) is 8.96. The lowest BCUT2D eigenvalue weighted by Gasteiger charge is -2.30. The average Bonchev–Trinajstić information content (AvgIpc) is 3.51. The van der Waals surface area contributed by atoms with Crippen molar-refractivity contribution < 1.29 is 36.4 Å². The molecule has 2 atom stereocenters. The van der Waals surface area contributed by atoms with Crippen molar-refractivity contribution in [2.75, 3.05) is 11.1 Å². The Morgan fingerprint density at radius 2 is 1.68 bits per heavy atom. The maximum absolute atomic E-state index is 12.9. The number of halogens is 5. The van der Waals surface area contributed by atoms with Crippen LogP contribution in [-0.4, -0.2) is 33.9 Å². The van der Waals surface area contributed by atoms with Gasteiger partial charge < -0.3 is 15.0 Å². The average molecular weight is 461 g/mol. The van der Waals surface area contributed by atoms with E-state index in [1.165, 1.54) is 0 Å². The third-order valence-corrected chi connectivity index (χ3v) is 6.56. The highest BCUT2D eigenvalue weighted by Gasteiger charge is 2.61. The molecule has 1 saturated carbocycles. The van der Waals surface area contributed by atoms with Crippen LogP contribution in [0.3, 0.4) is 0 Å². The fourth-order valence-electron chi connectivity index (χ4n) is 2.97. The Kier molecular flexibility index (Phi) is 6.92. The van der Waals surface area contributed by atoms with E-state index in [4.69, 9.17) is 0 Å². The van der Waals surface area contributed by atoms with E-state index in [0.717, 1.165) is 25.0 Å². The maximum Gasteiger partial charge on any atom is 0.427 e. The Hall–Kier alpha value is -2.17. The Morgan fingerprint density at radius 1 is 1.10 bits per heavy atom. The zero-order valence-electron chi connectivity index (χ0n) is 16.2. The van der Waals surface area contributed by atoms with Crippen LogP contribution in [0.5, 0.6) is 0 Å². The van der Waals surface area contributed by atoms with Crippen LogP contribution in [0, 0.1) is 5.92 Å². The Labute approximate surface area is 178 Å². The smallest absolute Gasteiger partial charge is 0.427 e. The minimum Gasteiger partial charge on any atom is -0.611 e. The molecule has 168 valence electrons. The van der Waals surface area contributed by atoms with Gasteiger partial charge >= 0.3 is 6.18 Å². The summed E-state index contributed by atoms with van der Waals surface area (Å²) in [5, 5.41) is 12.0. The molecular formula is C21H20F5NO3S. The van der Waals surface area contributed by atoms with Crippen LogP contribution in [-0.2, 0) is 28.0 Å². The first-order valence-corrected chi connectivity index (χ1v) is 10.8. The summed E-state index contributed by atoms with van der Waals surface area (Å²) in [7, 11) is 0. The molecule has 1 fully saturated rings. The van der Waals surface area contributed by atoms with Gasteiger partial charge in [0.05, 0.1) is 6.42 Å². The molecule has 0 spiro atoms. The molecule has 4 nitrogen and oxygen atoms in total. The highest BCUT2D eigenvalue weighted by molar-refractivity contribution is 7.91. The molecule has 2 aromatic carbocycles.